The molecule has 0 atom stereocenters. The maximum Gasteiger partial charge on any atom is 0.270 e. The SMILES string of the molecule is CCn1c(NC(=O)C(C)(C)Oc2ccc(Cl)cc2)nc2ccccc21. The molecular weight excluding hydrogens is 338 g/mol. The molecule has 0 radical (unpaired) electrons. The number of benzene rings is 2. The van der Waals surface area contributed by atoms with Crippen LogP contribution < -0.4 is 10.1 Å². The van der Waals surface area contributed by atoms with Gasteiger partial charge in [0.15, 0.2) is 5.60 Å². The van der Waals surface area contributed by atoms with Crippen molar-refractivity contribution in [3.63, 3.8) is 0 Å². The Morgan fingerprint density at radius 3 is 2.56 bits per heavy atom. The Morgan fingerprint density at radius 1 is 1.20 bits per heavy atom. The van der Waals surface area contributed by atoms with Gasteiger partial charge < -0.3 is 9.30 Å². The summed E-state index contributed by atoms with van der Waals surface area (Å²) in [6, 6.07) is 14.7. The second-order valence-corrected chi connectivity index (χ2v) is 6.63. The molecule has 5 nitrogen and oxygen atoms in total. The molecule has 1 heterocycles. The third-order valence-corrected chi connectivity index (χ3v) is 4.18. The molecule has 0 aliphatic heterocycles. The van der Waals surface area contributed by atoms with Crippen LogP contribution in [0.2, 0.25) is 5.02 Å². The standard InChI is InChI=1S/C19H20ClN3O2/c1-4-23-16-8-6-5-7-15(16)21-18(23)22-17(24)19(2,3)25-14-11-9-13(20)10-12-14/h5-12H,4H2,1-3H3,(H,21,22,24). The van der Waals surface area contributed by atoms with Crippen molar-refractivity contribution in [3.8, 4) is 5.75 Å². The first-order valence-corrected chi connectivity index (χ1v) is 8.50. The third-order valence-electron chi connectivity index (χ3n) is 3.93. The van der Waals surface area contributed by atoms with E-state index in [1.165, 1.54) is 0 Å². The van der Waals surface area contributed by atoms with Gasteiger partial charge in [0.05, 0.1) is 11.0 Å². The number of ether oxygens (including phenoxy) is 1. The molecule has 0 aliphatic rings. The number of aryl methyl sites for hydroxylation is 1. The summed E-state index contributed by atoms with van der Waals surface area (Å²) in [4.78, 5) is 17.2. The highest BCUT2D eigenvalue weighted by atomic mass is 35.5. The van der Waals surface area contributed by atoms with E-state index < -0.39 is 5.60 Å². The summed E-state index contributed by atoms with van der Waals surface area (Å²) in [5, 5.41) is 3.50. The van der Waals surface area contributed by atoms with Crippen LogP contribution in [0.1, 0.15) is 20.8 Å². The molecular formula is C19H20ClN3O2. The van der Waals surface area contributed by atoms with Gasteiger partial charge in [0, 0.05) is 11.6 Å². The zero-order chi connectivity index (χ0) is 18.0. The molecule has 1 aromatic heterocycles. The molecule has 0 spiro atoms. The number of nitrogens with zero attached hydrogens (tertiary/aromatic N) is 2. The van der Waals surface area contributed by atoms with E-state index in [0.29, 0.717) is 23.3 Å². The zero-order valence-electron chi connectivity index (χ0n) is 14.4. The van der Waals surface area contributed by atoms with E-state index in [4.69, 9.17) is 16.3 Å². The van der Waals surface area contributed by atoms with Gasteiger partial charge in [-0.05, 0) is 57.2 Å². The first-order valence-electron chi connectivity index (χ1n) is 8.12. The molecule has 0 fully saturated rings. The number of carbonyl (C=O) groups excluding carboxylic acids is 1. The van der Waals surface area contributed by atoms with Crippen molar-refractivity contribution in [2.24, 2.45) is 0 Å². The van der Waals surface area contributed by atoms with Crippen molar-refractivity contribution >= 4 is 34.5 Å². The number of anilines is 1. The number of fused-ring (bicyclic) bond motifs is 1. The summed E-state index contributed by atoms with van der Waals surface area (Å²) in [7, 11) is 0. The molecule has 25 heavy (non-hydrogen) atoms. The topological polar surface area (TPSA) is 56.2 Å². The average molecular weight is 358 g/mol. The van der Waals surface area contributed by atoms with Crippen molar-refractivity contribution in [3.05, 3.63) is 53.6 Å². The van der Waals surface area contributed by atoms with Gasteiger partial charge in [-0.2, -0.15) is 0 Å². The van der Waals surface area contributed by atoms with Gasteiger partial charge in [0.25, 0.3) is 5.91 Å². The first kappa shape index (κ1) is 17.3. The third kappa shape index (κ3) is 3.61. The molecule has 3 rings (SSSR count). The molecule has 130 valence electrons. The predicted molar refractivity (Wildman–Crippen MR) is 100 cm³/mol. The van der Waals surface area contributed by atoms with E-state index in [1.54, 1.807) is 38.1 Å². The van der Waals surface area contributed by atoms with E-state index in [9.17, 15) is 4.79 Å². The Labute approximate surface area is 151 Å². The molecule has 0 saturated carbocycles. The van der Waals surface area contributed by atoms with Crippen LogP contribution in [-0.2, 0) is 11.3 Å². The first-order chi connectivity index (χ1) is 11.9. The minimum atomic E-state index is -1.06. The van der Waals surface area contributed by atoms with Gasteiger partial charge in [-0.25, -0.2) is 4.98 Å². The number of aromatic nitrogens is 2. The maximum absolute atomic E-state index is 12.7. The monoisotopic (exact) mass is 357 g/mol. The number of para-hydroxylation sites is 2. The summed E-state index contributed by atoms with van der Waals surface area (Å²) in [5.41, 5.74) is 0.762. The van der Waals surface area contributed by atoms with Gasteiger partial charge in [0.1, 0.15) is 5.75 Å². The smallest absolute Gasteiger partial charge is 0.270 e. The Bertz CT molecular complexity index is 901. The fraction of sp³-hybridized carbons (Fsp3) is 0.263. The number of imidazole rings is 1. The summed E-state index contributed by atoms with van der Waals surface area (Å²) in [5.74, 6) is 0.822. The summed E-state index contributed by atoms with van der Waals surface area (Å²) >= 11 is 5.88. The molecule has 3 aromatic rings. The number of amides is 1. The molecule has 0 saturated heterocycles. The number of carbonyl (C=O) groups is 1. The largest absolute Gasteiger partial charge is 0.478 e. The minimum absolute atomic E-state index is 0.271. The van der Waals surface area contributed by atoms with Crippen LogP contribution in [-0.4, -0.2) is 21.1 Å². The average Bonchev–Trinajstić information content (AvgIpc) is 2.93. The molecule has 6 heteroatoms. The van der Waals surface area contributed by atoms with Crippen LogP contribution in [0.4, 0.5) is 5.95 Å². The summed E-state index contributed by atoms with van der Waals surface area (Å²) in [6.45, 7) is 6.15. The number of hydrogen-bond acceptors (Lipinski definition) is 3. The lowest BCUT2D eigenvalue weighted by Gasteiger charge is -2.25. The van der Waals surface area contributed by atoms with Gasteiger partial charge in [-0.3, -0.25) is 10.1 Å². The van der Waals surface area contributed by atoms with Crippen LogP contribution in [0.3, 0.4) is 0 Å². The number of rotatable bonds is 5. The van der Waals surface area contributed by atoms with E-state index >= 15 is 0 Å². The molecule has 1 N–H and O–H groups in total. The Morgan fingerprint density at radius 2 is 1.88 bits per heavy atom. The van der Waals surface area contributed by atoms with E-state index in [1.807, 2.05) is 35.8 Å². The predicted octanol–water partition coefficient (Wildman–Crippen LogP) is 4.51. The summed E-state index contributed by atoms with van der Waals surface area (Å²) in [6.07, 6.45) is 0. The van der Waals surface area contributed by atoms with Crippen molar-refractivity contribution in [2.75, 3.05) is 5.32 Å². The van der Waals surface area contributed by atoms with Crippen molar-refractivity contribution < 1.29 is 9.53 Å². The maximum atomic E-state index is 12.7. The fourth-order valence-electron chi connectivity index (χ4n) is 2.59. The van der Waals surface area contributed by atoms with Crippen LogP contribution in [0.25, 0.3) is 11.0 Å². The Kier molecular flexibility index (Phi) is 4.68. The highest BCUT2D eigenvalue weighted by Gasteiger charge is 2.31. The number of hydrogen-bond donors (Lipinski definition) is 1. The second-order valence-electron chi connectivity index (χ2n) is 6.19. The molecule has 2 aromatic carbocycles. The lowest BCUT2D eigenvalue weighted by Crippen LogP contribution is -2.43. The van der Waals surface area contributed by atoms with Gasteiger partial charge >= 0.3 is 0 Å². The van der Waals surface area contributed by atoms with Crippen LogP contribution >= 0.6 is 11.6 Å². The van der Waals surface area contributed by atoms with Crippen molar-refractivity contribution in [1.29, 1.82) is 0 Å². The highest BCUT2D eigenvalue weighted by molar-refractivity contribution is 6.30. The lowest BCUT2D eigenvalue weighted by atomic mass is 10.1. The molecule has 0 aliphatic carbocycles. The highest BCUT2D eigenvalue weighted by Crippen LogP contribution is 2.24. The minimum Gasteiger partial charge on any atom is -0.478 e. The van der Waals surface area contributed by atoms with E-state index in [0.717, 1.165) is 11.0 Å². The van der Waals surface area contributed by atoms with Gasteiger partial charge in [0.2, 0.25) is 5.95 Å². The van der Waals surface area contributed by atoms with Crippen molar-refractivity contribution in [2.45, 2.75) is 32.9 Å². The summed E-state index contributed by atoms with van der Waals surface area (Å²) < 4.78 is 7.79. The van der Waals surface area contributed by atoms with E-state index in [2.05, 4.69) is 10.3 Å². The van der Waals surface area contributed by atoms with Gasteiger partial charge in [-0.1, -0.05) is 23.7 Å². The molecule has 0 bridgehead atoms. The Balaban J connectivity index is 1.82. The zero-order valence-corrected chi connectivity index (χ0v) is 15.2. The fourth-order valence-corrected chi connectivity index (χ4v) is 2.71. The normalized spacial score (nSPS) is 11.5. The van der Waals surface area contributed by atoms with Gasteiger partial charge in [-0.15, -0.1) is 0 Å². The van der Waals surface area contributed by atoms with Crippen LogP contribution in [0.5, 0.6) is 5.75 Å². The molecule has 1 amide bonds. The van der Waals surface area contributed by atoms with Crippen LogP contribution in [0.15, 0.2) is 48.5 Å². The number of halogens is 1. The van der Waals surface area contributed by atoms with Crippen molar-refractivity contribution in [1.82, 2.24) is 9.55 Å². The Hall–Kier alpha value is -2.53. The molecule has 0 unspecified atom stereocenters. The number of nitrogens with one attached hydrogen (secondary N) is 1. The second kappa shape index (κ2) is 6.76. The van der Waals surface area contributed by atoms with E-state index in [-0.39, 0.29) is 5.91 Å². The lowest BCUT2D eigenvalue weighted by molar-refractivity contribution is -0.128. The quantitative estimate of drug-likeness (QED) is 0.731. The van der Waals surface area contributed by atoms with Crippen LogP contribution in [0, 0.1) is 0 Å².